The molecule has 3 heterocycles. The molecule has 0 unspecified atom stereocenters. The van der Waals surface area contributed by atoms with Gasteiger partial charge in [0, 0.05) is 24.1 Å². The molecule has 0 aliphatic carbocycles. The number of hydrogen-bond donors (Lipinski definition) is 2. The number of Topliss-reactive ketones (excluding diaryl/α,β-unsaturated/α-hetero) is 2. The van der Waals surface area contributed by atoms with Gasteiger partial charge in [0.25, 0.3) is 0 Å². The fourth-order valence-corrected chi connectivity index (χ4v) is 4.53. The molecule has 0 saturated carbocycles. The second kappa shape index (κ2) is 12.5. The number of rotatable bonds is 12. The number of esters is 2. The van der Waals surface area contributed by atoms with Crippen molar-refractivity contribution in [2.45, 2.75) is 48.1 Å². The van der Waals surface area contributed by atoms with Gasteiger partial charge in [-0.3, -0.25) is 19.5 Å². The van der Waals surface area contributed by atoms with Crippen LogP contribution in [0.15, 0.2) is 24.4 Å². The molecule has 3 aromatic rings. The summed E-state index contributed by atoms with van der Waals surface area (Å²) in [6.45, 7) is 10.7. The molecule has 0 spiro atoms. The summed E-state index contributed by atoms with van der Waals surface area (Å²) >= 11 is 0. The molecular weight excluding hydrogens is 488 g/mol. The van der Waals surface area contributed by atoms with Crippen molar-refractivity contribution in [2.75, 3.05) is 26.3 Å². The maximum absolute atomic E-state index is 13.4. The average Bonchev–Trinajstić information content (AvgIpc) is 3.33. The number of ether oxygens (including phenoxy) is 2. The van der Waals surface area contributed by atoms with E-state index >= 15 is 0 Å². The predicted molar refractivity (Wildman–Crippen MR) is 141 cm³/mol. The maximum atomic E-state index is 13.4. The molecule has 3 aromatic heterocycles. The van der Waals surface area contributed by atoms with Crippen LogP contribution in [0.25, 0.3) is 0 Å². The summed E-state index contributed by atoms with van der Waals surface area (Å²) in [5.74, 6) is -1.55. The third-order valence-electron chi connectivity index (χ3n) is 6.24. The number of aromatic nitrogens is 3. The van der Waals surface area contributed by atoms with E-state index in [0.717, 1.165) is 0 Å². The van der Waals surface area contributed by atoms with Crippen molar-refractivity contribution in [2.24, 2.45) is 0 Å². The van der Waals surface area contributed by atoms with Crippen LogP contribution in [0.5, 0.6) is 0 Å². The molecule has 0 radical (unpaired) electrons. The zero-order valence-corrected chi connectivity index (χ0v) is 22.7. The second-order valence-corrected chi connectivity index (χ2v) is 9.00. The van der Waals surface area contributed by atoms with Crippen molar-refractivity contribution < 1.29 is 28.7 Å². The molecule has 0 bridgehead atoms. The third-order valence-corrected chi connectivity index (χ3v) is 6.24. The van der Waals surface area contributed by atoms with Gasteiger partial charge in [-0.15, -0.1) is 0 Å². The van der Waals surface area contributed by atoms with Crippen molar-refractivity contribution in [3.05, 3.63) is 75.1 Å². The minimum absolute atomic E-state index is 0.102. The molecule has 0 amide bonds. The van der Waals surface area contributed by atoms with Gasteiger partial charge in [-0.2, -0.15) is 0 Å². The van der Waals surface area contributed by atoms with Crippen LogP contribution in [0.4, 0.5) is 0 Å². The minimum atomic E-state index is -0.492. The Morgan fingerprint density at radius 1 is 0.789 bits per heavy atom. The maximum Gasteiger partial charge on any atom is 0.340 e. The van der Waals surface area contributed by atoms with Crippen molar-refractivity contribution in [3.63, 3.8) is 0 Å². The number of carbonyl (C=O) groups is 4. The Morgan fingerprint density at radius 3 is 1.66 bits per heavy atom. The van der Waals surface area contributed by atoms with Gasteiger partial charge in [0.2, 0.25) is 0 Å². The molecule has 10 heteroatoms. The summed E-state index contributed by atoms with van der Waals surface area (Å²) in [7, 11) is 0. The van der Waals surface area contributed by atoms with E-state index in [-0.39, 0.29) is 44.4 Å². The van der Waals surface area contributed by atoms with Gasteiger partial charge in [-0.25, -0.2) is 9.59 Å². The lowest BCUT2D eigenvalue weighted by Gasteiger charge is -2.20. The first-order chi connectivity index (χ1) is 18.1. The van der Waals surface area contributed by atoms with Crippen LogP contribution in [0, 0.1) is 27.7 Å². The lowest BCUT2D eigenvalue weighted by Crippen LogP contribution is -2.35. The highest BCUT2D eigenvalue weighted by molar-refractivity contribution is 6.04. The quantitative estimate of drug-likeness (QED) is 0.270. The zero-order chi connectivity index (χ0) is 28.0. The monoisotopic (exact) mass is 522 g/mol. The lowest BCUT2D eigenvalue weighted by atomic mass is 10.1. The first-order valence-electron chi connectivity index (χ1n) is 12.5. The van der Waals surface area contributed by atoms with Crippen molar-refractivity contribution in [1.82, 2.24) is 19.9 Å². The Morgan fingerprint density at radius 2 is 1.26 bits per heavy atom. The van der Waals surface area contributed by atoms with Crippen LogP contribution < -0.4 is 0 Å². The average molecular weight is 523 g/mol. The summed E-state index contributed by atoms with van der Waals surface area (Å²) in [4.78, 5) is 63.6. The molecule has 2 N–H and O–H groups in total. The highest BCUT2D eigenvalue weighted by Gasteiger charge is 2.27. The van der Waals surface area contributed by atoms with Gasteiger partial charge < -0.3 is 19.4 Å². The molecule has 0 aliphatic heterocycles. The molecule has 0 aromatic carbocycles. The highest BCUT2D eigenvalue weighted by atomic mass is 16.5. The number of hydrogen-bond acceptors (Lipinski definition) is 8. The Kier molecular flexibility index (Phi) is 9.35. The fraction of sp³-hybridized carbons (Fsp3) is 0.393. The Bertz CT molecular complexity index is 1260. The summed E-state index contributed by atoms with van der Waals surface area (Å²) in [5.41, 5.74) is 4.04. The topological polar surface area (TPSA) is 134 Å². The zero-order valence-electron chi connectivity index (χ0n) is 22.7. The largest absolute Gasteiger partial charge is 0.462 e. The smallest absolute Gasteiger partial charge is 0.340 e. The van der Waals surface area contributed by atoms with Crippen LogP contribution in [-0.2, 0) is 16.0 Å². The van der Waals surface area contributed by atoms with Gasteiger partial charge in [0.05, 0.1) is 54.5 Å². The molecule has 0 saturated heterocycles. The number of pyridine rings is 1. The molecule has 10 nitrogen and oxygen atoms in total. The lowest BCUT2D eigenvalue weighted by molar-refractivity contribution is 0.0515. The SMILES string of the molecule is CCOC(=O)c1c(C)[nH]c(C(=O)CN(CC(=O)c2[nH]c(C)c(C(=O)OCC)c2C)Cc2ccccn2)c1C. The molecule has 3 rings (SSSR count). The van der Waals surface area contributed by atoms with E-state index in [1.54, 1.807) is 58.7 Å². The van der Waals surface area contributed by atoms with Crippen LogP contribution in [-0.4, -0.2) is 69.7 Å². The number of H-pyrrole nitrogens is 2. The molecule has 0 fully saturated rings. The molecule has 38 heavy (non-hydrogen) atoms. The van der Waals surface area contributed by atoms with Gasteiger partial charge in [-0.05, 0) is 64.8 Å². The van der Waals surface area contributed by atoms with E-state index < -0.39 is 11.9 Å². The Balaban J connectivity index is 1.88. The summed E-state index contributed by atoms with van der Waals surface area (Å²) in [6.07, 6.45) is 1.64. The minimum Gasteiger partial charge on any atom is -0.462 e. The van der Waals surface area contributed by atoms with E-state index in [9.17, 15) is 19.2 Å². The van der Waals surface area contributed by atoms with E-state index in [0.29, 0.717) is 50.7 Å². The first kappa shape index (κ1) is 28.5. The fourth-order valence-electron chi connectivity index (χ4n) is 4.53. The number of aryl methyl sites for hydroxylation is 2. The van der Waals surface area contributed by atoms with Crippen LogP contribution in [0.1, 0.15) is 83.7 Å². The van der Waals surface area contributed by atoms with Crippen molar-refractivity contribution >= 4 is 23.5 Å². The van der Waals surface area contributed by atoms with Crippen LogP contribution in [0.3, 0.4) is 0 Å². The van der Waals surface area contributed by atoms with E-state index in [2.05, 4.69) is 15.0 Å². The molecule has 0 aliphatic rings. The molecular formula is C28H34N4O6. The second-order valence-electron chi connectivity index (χ2n) is 9.00. The van der Waals surface area contributed by atoms with Gasteiger partial charge in [0.15, 0.2) is 11.6 Å². The predicted octanol–water partition coefficient (Wildman–Crippen LogP) is 3.89. The van der Waals surface area contributed by atoms with E-state index in [1.165, 1.54) is 0 Å². The normalized spacial score (nSPS) is 11.0. The summed E-state index contributed by atoms with van der Waals surface area (Å²) in [5, 5.41) is 0. The third kappa shape index (κ3) is 6.25. The highest BCUT2D eigenvalue weighted by Crippen LogP contribution is 2.22. The van der Waals surface area contributed by atoms with E-state index in [4.69, 9.17) is 9.47 Å². The Labute approximate surface area is 221 Å². The van der Waals surface area contributed by atoms with Gasteiger partial charge in [-0.1, -0.05) is 6.07 Å². The summed E-state index contributed by atoms with van der Waals surface area (Å²) < 4.78 is 10.3. The van der Waals surface area contributed by atoms with Crippen molar-refractivity contribution in [3.8, 4) is 0 Å². The number of nitrogens with one attached hydrogen (secondary N) is 2. The van der Waals surface area contributed by atoms with E-state index in [1.807, 2.05) is 12.1 Å². The van der Waals surface area contributed by atoms with Crippen molar-refractivity contribution in [1.29, 1.82) is 0 Å². The van der Waals surface area contributed by atoms with Gasteiger partial charge >= 0.3 is 11.9 Å². The standard InChI is InChI=1S/C28H34N4O6/c1-7-37-27(35)23-16(3)25(30-18(23)5)21(33)14-32(13-20-11-9-10-12-29-20)15-22(34)26-17(4)24(19(6)31-26)28(36)38-8-2/h9-12,30-31H,7-8,13-15H2,1-6H3. The number of aromatic amines is 2. The first-order valence-corrected chi connectivity index (χ1v) is 12.5. The number of carbonyl (C=O) groups excluding carboxylic acids is 4. The number of ketones is 2. The molecule has 0 atom stereocenters. The summed E-state index contributed by atoms with van der Waals surface area (Å²) in [6, 6.07) is 5.43. The molecule has 202 valence electrons. The van der Waals surface area contributed by atoms with Crippen LogP contribution in [0.2, 0.25) is 0 Å². The van der Waals surface area contributed by atoms with Crippen LogP contribution >= 0.6 is 0 Å². The van der Waals surface area contributed by atoms with Gasteiger partial charge in [0.1, 0.15) is 0 Å². The Hall–Kier alpha value is -4.05. The number of nitrogens with zero attached hydrogens (tertiary/aromatic N) is 2.